The highest BCUT2D eigenvalue weighted by Gasteiger charge is 2.21. The normalized spacial score (nSPS) is 25.0. The third-order valence-electron chi connectivity index (χ3n) is 3.61. The van der Waals surface area contributed by atoms with E-state index in [1.165, 1.54) is 25.7 Å². The molecule has 0 bridgehead atoms. The third kappa shape index (κ3) is 2.09. The van der Waals surface area contributed by atoms with Crippen molar-refractivity contribution in [2.24, 2.45) is 5.92 Å². The lowest BCUT2D eigenvalue weighted by Crippen LogP contribution is -2.30. The van der Waals surface area contributed by atoms with Crippen molar-refractivity contribution in [3.8, 4) is 0 Å². The van der Waals surface area contributed by atoms with Crippen LogP contribution in [0.3, 0.4) is 0 Å². The molecule has 5 heteroatoms. The van der Waals surface area contributed by atoms with Crippen molar-refractivity contribution in [1.82, 2.24) is 19.8 Å². The Hall–Kier alpha value is -1.65. The molecule has 3 rings (SSSR count). The standard InChI is InChI=1S/C12H17N5/c1-9-4-2-3-5-10(9)14-11-6-7-12-15-13-8-17(12)16-11/h6-10H,2-5H2,1H3,(H,14,16). The summed E-state index contributed by atoms with van der Waals surface area (Å²) in [5.74, 6) is 1.64. The molecule has 1 N–H and O–H groups in total. The summed E-state index contributed by atoms with van der Waals surface area (Å²) in [6.45, 7) is 2.31. The minimum Gasteiger partial charge on any atom is -0.366 e. The van der Waals surface area contributed by atoms with Gasteiger partial charge in [-0.05, 0) is 30.9 Å². The van der Waals surface area contributed by atoms with Gasteiger partial charge in [0.1, 0.15) is 12.1 Å². The van der Waals surface area contributed by atoms with Crippen LogP contribution in [0.25, 0.3) is 5.65 Å². The second kappa shape index (κ2) is 4.31. The van der Waals surface area contributed by atoms with Crippen LogP contribution < -0.4 is 5.32 Å². The molecule has 1 aliphatic rings. The molecule has 2 aromatic heterocycles. The van der Waals surface area contributed by atoms with Gasteiger partial charge in [0.25, 0.3) is 0 Å². The number of hydrogen-bond acceptors (Lipinski definition) is 4. The Kier molecular flexibility index (Phi) is 2.66. The molecule has 90 valence electrons. The summed E-state index contributed by atoms with van der Waals surface area (Å²) in [5.41, 5.74) is 0.784. The Balaban J connectivity index is 1.79. The van der Waals surface area contributed by atoms with Gasteiger partial charge in [-0.15, -0.1) is 15.3 Å². The van der Waals surface area contributed by atoms with Gasteiger partial charge in [0.05, 0.1) is 0 Å². The van der Waals surface area contributed by atoms with E-state index in [2.05, 4.69) is 27.5 Å². The second-order valence-corrected chi connectivity index (χ2v) is 4.86. The van der Waals surface area contributed by atoms with E-state index in [1.54, 1.807) is 10.8 Å². The van der Waals surface area contributed by atoms with Gasteiger partial charge in [-0.3, -0.25) is 0 Å². The maximum atomic E-state index is 4.44. The largest absolute Gasteiger partial charge is 0.366 e. The lowest BCUT2D eigenvalue weighted by atomic mass is 9.86. The van der Waals surface area contributed by atoms with Gasteiger partial charge in [-0.25, -0.2) is 0 Å². The topological polar surface area (TPSA) is 55.1 Å². The van der Waals surface area contributed by atoms with E-state index in [4.69, 9.17) is 0 Å². The van der Waals surface area contributed by atoms with Gasteiger partial charge in [0.15, 0.2) is 5.65 Å². The number of rotatable bonds is 2. The highest BCUT2D eigenvalue weighted by molar-refractivity contribution is 5.43. The van der Waals surface area contributed by atoms with E-state index in [1.807, 2.05) is 12.1 Å². The van der Waals surface area contributed by atoms with Crippen LogP contribution in [-0.4, -0.2) is 25.9 Å². The molecule has 1 saturated carbocycles. The van der Waals surface area contributed by atoms with E-state index in [9.17, 15) is 0 Å². The number of fused-ring (bicyclic) bond motifs is 1. The van der Waals surface area contributed by atoms with Crippen molar-refractivity contribution in [2.45, 2.75) is 38.6 Å². The van der Waals surface area contributed by atoms with Crippen LogP contribution in [-0.2, 0) is 0 Å². The molecule has 17 heavy (non-hydrogen) atoms. The number of hydrogen-bond donors (Lipinski definition) is 1. The molecule has 0 aliphatic heterocycles. The van der Waals surface area contributed by atoms with E-state index < -0.39 is 0 Å². The average Bonchev–Trinajstić information content (AvgIpc) is 2.79. The van der Waals surface area contributed by atoms with E-state index >= 15 is 0 Å². The van der Waals surface area contributed by atoms with Crippen molar-refractivity contribution < 1.29 is 0 Å². The first-order valence-electron chi connectivity index (χ1n) is 6.26. The lowest BCUT2D eigenvalue weighted by Gasteiger charge is -2.29. The van der Waals surface area contributed by atoms with Crippen molar-refractivity contribution in [3.63, 3.8) is 0 Å². The summed E-state index contributed by atoms with van der Waals surface area (Å²) in [6.07, 6.45) is 6.86. The highest BCUT2D eigenvalue weighted by Crippen LogP contribution is 2.26. The van der Waals surface area contributed by atoms with Gasteiger partial charge in [-0.2, -0.15) is 4.52 Å². The fourth-order valence-corrected chi connectivity index (χ4v) is 2.53. The Morgan fingerprint density at radius 3 is 3.06 bits per heavy atom. The quantitative estimate of drug-likeness (QED) is 0.860. The molecule has 1 fully saturated rings. The summed E-state index contributed by atoms with van der Waals surface area (Å²) in [6, 6.07) is 4.46. The van der Waals surface area contributed by atoms with Crippen LogP contribution in [0.2, 0.25) is 0 Å². The maximum Gasteiger partial charge on any atom is 0.177 e. The van der Waals surface area contributed by atoms with E-state index in [0.29, 0.717) is 6.04 Å². The molecule has 5 nitrogen and oxygen atoms in total. The molecular weight excluding hydrogens is 214 g/mol. The van der Waals surface area contributed by atoms with Gasteiger partial charge >= 0.3 is 0 Å². The first-order chi connectivity index (χ1) is 8.33. The van der Waals surface area contributed by atoms with Crippen molar-refractivity contribution in [1.29, 1.82) is 0 Å². The molecule has 2 unspecified atom stereocenters. The molecule has 2 aromatic rings. The van der Waals surface area contributed by atoms with E-state index in [-0.39, 0.29) is 0 Å². The van der Waals surface area contributed by atoms with Crippen LogP contribution in [0.5, 0.6) is 0 Å². The Labute approximate surface area is 100 Å². The van der Waals surface area contributed by atoms with Gasteiger partial charge in [0, 0.05) is 6.04 Å². The first kappa shape index (κ1) is 10.5. The number of aromatic nitrogens is 4. The van der Waals surface area contributed by atoms with Gasteiger partial charge < -0.3 is 5.32 Å². The molecule has 1 aliphatic carbocycles. The van der Waals surface area contributed by atoms with Crippen LogP contribution >= 0.6 is 0 Å². The summed E-state index contributed by atoms with van der Waals surface area (Å²) >= 11 is 0. The minimum atomic E-state index is 0.546. The minimum absolute atomic E-state index is 0.546. The van der Waals surface area contributed by atoms with Crippen LogP contribution in [0.15, 0.2) is 18.5 Å². The average molecular weight is 231 g/mol. The first-order valence-corrected chi connectivity index (χ1v) is 6.26. The Morgan fingerprint density at radius 2 is 2.18 bits per heavy atom. The van der Waals surface area contributed by atoms with Crippen molar-refractivity contribution in [2.75, 3.05) is 5.32 Å². The van der Waals surface area contributed by atoms with Crippen LogP contribution in [0.4, 0.5) is 5.82 Å². The zero-order valence-corrected chi connectivity index (χ0v) is 10.0. The monoisotopic (exact) mass is 231 g/mol. The molecule has 2 heterocycles. The molecule has 0 amide bonds. The van der Waals surface area contributed by atoms with Crippen LogP contribution in [0, 0.1) is 5.92 Å². The highest BCUT2D eigenvalue weighted by atomic mass is 15.4. The zero-order chi connectivity index (χ0) is 11.7. The summed E-state index contributed by atoms with van der Waals surface area (Å²) in [4.78, 5) is 0. The predicted octanol–water partition coefficient (Wildman–Crippen LogP) is 2.11. The molecule has 0 radical (unpaired) electrons. The summed E-state index contributed by atoms with van der Waals surface area (Å²) < 4.78 is 1.70. The molecule has 0 saturated heterocycles. The van der Waals surface area contributed by atoms with Crippen molar-refractivity contribution in [3.05, 3.63) is 18.5 Å². The lowest BCUT2D eigenvalue weighted by molar-refractivity contribution is 0.348. The molecule has 0 spiro atoms. The smallest absolute Gasteiger partial charge is 0.177 e. The summed E-state index contributed by atoms with van der Waals surface area (Å²) in [7, 11) is 0. The molecule has 0 aromatic carbocycles. The Morgan fingerprint density at radius 1 is 1.29 bits per heavy atom. The fraction of sp³-hybridized carbons (Fsp3) is 0.583. The van der Waals surface area contributed by atoms with Crippen molar-refractivity contribution >= 4 is 11.5 Å². The van der Waals surface area contributed by atoms with Crippen LogP contribution in [0.1, 0.15) is 32.6 Å². The van der Waals surface area contributed by atoms with Gasteiger partial charge in [-0.1, -0.05) is 19.8 Å². The molecule has 2 atom stereocenters. The number of nitrogens with one attached hydrogen (secondary N) is 1. The number of nitrogens with zero attached hydrogens (tertiary/aromatic N) is 4. The maximum absolute atomic E-state index is 4.44. The Bertz CT molecular complexity index is 506. The summed E-state index contributed by atoms with van der Waals surface area (Å²) in [5, 5.41) is 15.7. The fourth-order valence-electron chi connectivity index (χ4n) is 2.53. The third-order valence-corrected chi connectivity index (χ3v) is 3.61. The molecular formula is C12H17N5. The van der Waals surface area contributed by atoms with E-state index in [0.717, 1.165) is 17.4 Å². The number of anilines is 1. The predicted molar refractivity (Wildman–Crippen MR) is 65.8 cm³/mol. The van der Waals surface area contributed by atoms with Gasteiger partial charge in [0.2, 0.25) is 0 Å². The zero-order valence-electron chi connectivity index (χ0n) is 10.0. The second-order valence-electron chi connectivity index (χ2n) is 4.86. The SMILES string of the molecule is CC1CCCCC1Nc1ccc2nncn2n1.